The Bertz CT molecular complexity index is 644. The maximum atomic E-state index is 12.1. The fourth-order valence-electron chi connectivity index (χ4n) is 1.22. The second-order valence-electron chi connectivity index (χ2n) is 3.16. The van der Waals surface area contributed by atoms with Crippen LogP contribution in [0, 0.1) is 10.1 Å². The van der Waals surface area contributed by atoms with Crippen LogP contribution in [0.1, 0.15) is 0 Å². The molecule has 0 radical (unpaired) electrons. The lowest BCUT2D eigenvalue weighted by molar-refractivity contribution is -0.388. The third-order valence-electron chi connectivity index (χ3n) is 1.83. The summed E-state index contributed by atoms with van der Waals surface area (Å²) < 4.78 is 66.7. The van der Waals surface area contributed by atoms with E-state index < -0.39 is 43.5 Å². The van der Waals surface area contributed by atoms with Crippen molar-refractivity contribution in [2.45, 2.75) is 11.3 Å². The van der Waals surface area contributed by atoms with E-state index in [0.29, 0.717) is 0 Å². The number of halogens is 3. The molecule has 2 N–H and O–H groups in total. The van der Waals surface area contributed by atoms with Crippen molar-refractivity contribution in [3.05, 3.63) is 16.3 Å². The number of hydrogen-bond acceptors (Lipinski definition) is 7. The van der Waals surface area contributed by atoms with Gasteiger partial charge in [-0.05, 0) is 0 Å². The van der Waals surface area contributed by atoms with Crippen molar-refractivity contribution < 1.29 is 36.0 Å². The molecular weight excluding hydrogens is 311 g/mol. The SMILES string of the molecule is COc1c(OC(F)(F)F)ncc([N+](=O)[O-])c1S(N)(=O)=O. The summed E-state index contributed by atoms with van der Waals surface area (Å²) in [6.45, 7) is 0. The molecule has 0 aliphatic carbocycles. The third kappa shape index (κ3) is 3.45. The number of hydrogen-bond donors (Lipinski definition) is 1. The van der Waals surface area contributed by atoms with E-state index in [4.69, 9.17) is 5.14 Å². The molecule has 9 nitrogen and oxygen atoms in total. The van der Waals surface area contributed by atoms with Crippen molar-refractivity contribution in [3.8, 4) is 11.6 Å². The van der Waals surface area contributed by atoms with Crippen LogP contribution in [0.4, 0.5) is 18.9 Å². The van der Waals surface area contributed by atoms with Crippen molar-refractivity contribution in [1.29, 1.82) is 0 Å². The summed E-state index contributed by atoms with van der Waals surface area (Å²) in [5, 5.41) is 15.4. The first-order valence-electron chi connectivity index (χ1n) is 4.47. The summed E-state index contributed by atoms with van der Waals surface area (Å²) in [4.78, 5) is 11.2. The van der Waals surface area contributed by atoms with Crippen LogP contribution in [0.2, 0.25) is 0 Å². The van der Waals surface area contributed by atoms with Gasteiger partial charge in [0.1, 0.15) is 6.20 Å². The van der Waals surface area contributed by atoms with Gasteiger partial charge in [0.05, 0.1) is 12.0 Å². The van der Waals surface area contributed by atoms with Crippen LogP contribution >= 0.6 is 0 Å². The summed E-state index contributed by atoms with van der Waals surface area (Å²) in [7, 11) is -3.98. The Morgan fingerprint density at radius 1 is 1.45 bits per heavy atom. The Labute approximate surface area is 109 Å². The zero-order valence-electron chi connectivity index (χ0n) is 9.54. The smallest absolute Gasteiger partial charge is 0.490 e. The molecule has 0 spiro atoms. The predicted molar refractivity (Wildman–Crippen MR) is 55.5 cm³/mol. The van der Waals surface area contributed by atoms with Gasteiger partial charge in [-0.3, -0.25) is 10.1 Å². The minimum Gasteiger partial charge on any atom is -0.490 e. The van der Waals surface area contributed by atoms with Crippen LogP contribution in [0.3, 0.4) is 0 Å². The monoisotopic (exact) mass is 317 g/mol. The number of ether oxygens (including phenoxy) is 2. The first-order chi connectivity index (χ1) is 8.97. The van der Waals surface area contributed by atoms with E-state index in [1.165, 1.54) is 0 Å². The number of nitrogens with two attached hydrogens (primary N) is 1. The van der Waals surface area contributed by atoms with Gasteiger partial charge in [-0.2, -0.15) is 0 Å². The molecule has 1 aromatic rings. The lowest BCUT2D eigenvalue weighted by Gasteiger charge is -2.13. The molecule has 1 aromatic heterocycles. The lowest BCUT2D eigenvalue weighted by atomic mass is 10.4. The minimum atomic E-state index is -5.20. The number of methoxy groups -OCH3 is 1. The number of sulfonamides is 1. The molecule has 0 bridgehead atoms. The standard InChI is InChI=1S/C7H6F3N3O6S/c1-18-4-5(20(11,16)17)3(13(14)15)2-12-6(4)19-7(8,9)10/h2H,1H3,(H2,11,16,17). The highest BCUT2D eigenvalue weighted by Gasteiger charge is 2.38. The average Bonchev–Trinajstić information content (AvgIpc) is 2.24. The molecule has 0 fully saturated rings. The number of nitrogens with zero attached hydrogens (tertiary/aromatic N) is 2. The molecule has 13 heteroatoms. The van der Waals surface area contributed by atoms with E-state index in [-0.39, 0.29) is 6.20 Å². The van der Waals surface area contributed by atoms with E-state index in [9.17, 15) is 31.7 Å². The first-order valence-corrected chi connectivity index (χ1v) is 6.02. The molecule has 0 unspecified atom stereocenters. The summed E-state index contributed by atoms with van der Waals surface area (Å²) in [5.74, 6) is -2.42. The Hall–Kier alpha value is -2.15. The number of rotatable bonds is 4. The van der Waals surface area contributed by atoms with Crippen LogP contribution in [0.25, 0.3) is 0 Å². The van der Waals surface area contributed by atoms with Crippen molar-refractivity contribution >= 4 is 15.7 Å². The van der Waals surface area contributed by atoms with Crippen LogP contribution in [-0.4, -0.2) is 31.8 Å². The van der Waals surface area contributed by atoms with Gasteiger partial charge in [-0.15, -0.1) is 13.2 Å². The van der Waals surface area contributed by atoms with E-state index in [2.05, 4.69) is 14.5 Å². The Balaban J connectivity index is 3.66. The summed E-state index contributed by atoms with van der Waals surface area (Å²) in [6, 6.07) is 0. The Kier molecular flexibility index (Phi) is 4.04. The zero-order chi connectivity index (χ0) is 15.7. The van der Waals surface area contributed by atoms with Crippen LogP contribution in [-0.2, 0) is 10.0 Å². The Morgan fingerprint density at radius 2 is 2.00 bits per heavy atom. The van der Waals surface area contributed by atoms with Crippen molar-refractivity contribution in [2.24, 2.45) is 5.14 Å². The highest BCUT2D eigenvalue weighted by Crippen LogP contribution is 2.39. The van der Waals surface area contributed by atoms with E-state index in [1.807, 2.05) is 0 Å². The van der Waals surface area contributed by atoms with E-state index in [1.54, 1.807) is 0 Å². The number of primary sulfonamides is 1. The van der Waals surface area contributed by atoms with Gasteiger partial charge in [-0.1, -0.05) is 0 Å². The molecule has 1 rings (SSSR count). The highest BCUT2D eigenvalue weighted by atomic mass is 32.2. The largest absolute Gasteiger partial charge is 0.574 e. The number of nitro groups is 1. The highest BCUT2D eigenvalue weighted by molar-refractivity contribution is 7.89. The quantitative estimate of drug-likeness (QED) is 0.632. The van der Waals surface area contributed by atoms with Crippen molar-refractivity contribution in [3.63, 3.8) is 0 Å². The summed E-state index contributed by atoms with van der Waals surface area (Å²) in [6.07, 6.45) is -4.94. The van der Waals surface area contributed by atoms with Crippen LogP contribution < -0.4 is 14.6 Å². The second-order valence-corrected chi connectivity index (χ2v) is 4.66. The molecule has 0 atom stereocenters. The molecule has 112 valence electrons. The third-order valence-corrected chi connectivity index (χ3v) is 2.80. The van der Waals surface area contributed by atoms with Gasteiger partial charge in [0.15, 0.2) is 0 Å². The van der Waals surface area contributed by atoms with Gasteiger partial charge in [0.25, 0.3) is 5.88 Å². The lowest BCUT2D eigenvalue weighted by Crippen LogP contribution is -2.21. The molecule has 0 saturated carbocycles. The topological polar surface area (TPSA) is 135 Å². The first kappa shape index (κ1) is 15.9. The zero-order valence-corrected chi connectivity index (χ0v) is 10.4. The normalized spacial score (nSPS) is 12.1. The second kappa shape index (κ2) is 5.09. The maximum absolute atomic E-state index is 12.1. The van der Waals surface area contributed by atoms with Crippen molar-refractivity contribution in [1.82, 2.24) is 4.98 Å². The number of pyridine rings is 1. The van der Waals surface area contributed by atoms with E-state index >= 15 is 0 Å². The predicted octanol–water partition coefficient (Wildman–Crippen LogP) is 0.544. The van der Waals surface area contributed by atoms with E-state index in [0.717, 1.165) is 7.11 Å². The summed E-state index contributed by atoms with van der Waals surface area (Å²) >= 11 is 0. The Morgan fingerprint density at radius 3 is 2.35 bits per heavy atom. The molecule has 0 aliphatic heterocycles. The molecule has 0 saturated heterocycles. The number of alkyl halides is 3. The fraction of sp³-hybridized carbons (Fsp3) is 0.286. The van der Waals surface area contributed by atoms with Crippen molar-refractivity contribution in [2.75, 3.05) is 7.11 Å². The van der Waals surface area contributed by atoms with Gasteiger partial charge < -0.3 is 9.47 Å². The molecular formula is C7H6F3N3O6S. The average molecular weight is 317 g/mol. The molecule has 0 amide bonds. The van der Waals surface area contributed by atoms with Gasteiger partial charge >= 0.3 is 12.0 Å². The van der Waals surface area contributed by atoms with Gasteiger partial charge in [0, 0.05) is 0 Å². The van der Waals surface area contributed by atoms with Crippen LogP contribution in [0.5, 0.6) is 11.6 Å². The van der Waals surface area contributed by atoms with Gasteiger partial charge in [-0.25, -0.2) is 18.5 Å². The fourth-order valence-corrected chi connectivity index (χ4v) is 2.07. The number of aromatic nitrogens is 1. The summed E-state index contributed by atoms with van der Waals surface area (Å²) in [5.41, 5.74) is -1.14. The molecule has 0 aromatic carbocycles. The maximum Gasteiger partial charge on any atom is 0.574 e. The molecule has 20 heavy (non-hydrogen) atoms. The molecule has 1 heterocycles. The molecule has 0 aliphatic rings. The van der Waals surface area contributed by atoms with Crippen LogP contribution in [0.15, 0.2) is 11.1 Å². The minimum absolute atomic E-state index is 0.267. The van der Waals surface area contributed by atoms with Gasteiger partial charge in [0.2, 0.25) is 20.7 Å².